The van der Waals surface area contributed by atoms with Crippen LogP contribution in [0.1, 0.15) is 18.2 Å². The predicted octanol–water partition coefficient (Wildman–Crippen LogP) is 2.84. The van der Waals surface area contributed by atoms with Crippen molar-refractivity contribution in [1.82, 2.24) is 10.3 Å². The quantitative estimate of drug-likeness (QED) is 0.849. The third-order valence-electron chi connectivity index (χ3n) is 3.35. The van der Waals surface area contributed by atoms with Crippen LogP contribution < -0.4 is 15.0 Å². The molecular weight excluding hydrogens is 262 g/mol. The van der Waals surface area contributed by atoms with Crippen molar-refractivity contribution < 1.29 is 4.74 Å². The number of anilines is 1. The van der Waals surface area contributed by atoms with Crippen molar-refractivity contribution in [2.24, 2.45) is 0 Å². The van der Waals surface area contributed by atoms with Crippen molar-refractivity contribution in [3.05, 3.63) is 53.9 Å². The molecule has 0 spiro atoms. The molecule has 0 aliphatic rings. The standard InChI is InChI=1S/C17H23N3O/c1-4-18-12-15-11-16(8-9-19-15)20(2)13-14-6-5-7-17(10-14)21-3/h5-11,18H,4,12-13H2,1-3H3. The zero-order valence-electron chi connectivity index (χ0n) is 13.0. The molecule has 0 aliphatic heterocycles. The van der Waals surface area contributed by atoms with Crippen LogP contribution in [0.3, 0.4) is 0 Å². The van der Waals surface area contributed by atoms with Crippen molar-refractivity contribution in [2.45, 2.75) is 20.0 Å². The Morgan fingerprint density at radius 1 is 1.24 bits per heavy atom. The summed E-state index contributed by atoms with van der Waals surface area (Å²) in [7, 11) is 3.78. The summed E-state index contributed by atoms with van der Waals surface area (Å²) in [5, 5.41) is 3.30. The van der Waals surface area contributed by atoms with E-state index in [2.05, 4.69) is 47.4 Å². The number of aromatic nitrogens is 1. The maximum atomic E-state index is 5.27. The van der Waals surface area contributed by atoms with Gasteiger partial charge in [0.15, 0.2) is 0 Å². The predicted molar refractivity (Wildman–Crippen MR) is 86.7 cm³/mol. The van der Waals surface area contributed by atoms with Gasteiger partial charge in [-0.1, -0.05) is 19.1 Å². The number of nitrogens with zero attached hydrogens (tertiary/aromatic N) is 2. The average Bonchev–Trinajstić information content (AvgIpc) is 2.53. The van der Waals surface area contributed by atoms with Crippen molar-refractivity contribution in [3.8, 4) is 5.75 Å². The Morgan fingerprint density at radius 3 is 2.86 bits per heavy atom. The third kappa shape index (κ3) is 4.46. The zero-order valence-corrected chi connectivity index (χ0v) is 13.0. The smallest absolute Gasteiger partial charge is 0.119 e. The Balaban J connectivity index is 2.06. The molecule has 0 unspecified atom stereocenters. The molecule has 0 radical (unpaired) electrons. The SMILES string of the molecule is CCNCc1cc(N(C)Cc2cccc(OC)c2)ccn1. The zero-order chi connectivity index (χ0) is 15.1. The first-order valence-corrected chi connectivity index (χ1v) is 7.22. The molecule has 0 fully saturated rings. The van der Waals surface area contributed by atoms with Crippen LogP contribution in [0.25, 0.3) is 0 Å². The summed E-state index contributed by atoms with van der Waals surface area (Å²) < 4.78 is 5.27. The van der Waals surface area contributed by atoms with Crippen LogP contribution in [-0.2, 0) is 13.1 Å². The van der Waals surface area contributed by atoms with E-state index >= 15 is 0 Å². The summed E-state index contributed by atoms with van der Waals surface area (Å²) in [6.07, 6.45) is 1.87. The van der Waals surface area contributed by atoms with Gasteiger partial charge in [0.2, 0.25) is 0 Å². The Labute approximate surface area is 126 Å². The van der Waals surface area contributed by atoms with E-state index in [9.17, 15) is 0 Å². The lowest BCUT2D eigenvalue weighted by Crippen LogP contribution is -2.18. The molecule has 1 heterocycles. The van der Waals surface area contributed by atoms with Gasteiger partial charge in [-0.3, -0.25) is 4.98 Å². The van der Waals surface area contributed by atoms with E-state index in [-0.39, 0.29) is 0 Å². The fourth-order valence-corrected chi connectivity index (χ4v) is 2.19. The fraction of sp³-hybridized carbons (Fsp3) is 0.353. The number of pyridine rings is 1. The molecular formula is C17H23N3O. The molecule has 2 rings (SSSR count). The number of benzene rings is 1. The van der Waals surface area contributed by atoms with Gasteiger partial charge in [0.25, 0.3) is 0 Å². The minimum Gasteiger partial charge on any atom is -0.497 e. The number of rotatable bonds is 7. The highest BCUT2D eigenvalue weighted by Gasteiger charge is 2.05. The Hall–Kier alpha value is -2.07. The highest BCUT2D eigenvalue weighted by atomic mass is 16.5. The molecule has 0 aliphatic carbocycles. The number of hydrogen-bond donors (Lipinski definition) is 1. The van der Waals surface area contributed by atoms with E-state index in [1.165, 1.54) is 11.3 Å². The molecule has 112 valence electrons. The van der Waals surface area contributed by atoms with Gasteiger partial charge in [-0.05, 0) is 36.4 Å². The average molecular weight is 285 g/mol. The molecule has 4 nitrogen and oxygen atoms in total. The lowest BCUT2D eigenvalue weighted by atomic mass is 10.2. The monoisotopic (exact) mass is 285 g/mol. The van der Waals surface area contributed by atoms with Gasteiger partial charge in [-0.15, -0.1) is 0 Å². The Kier molecular flexibility index (Phi) is 5.58. The molecule has 2 aromatic rings. The molecule has 0 saturated carbocycles. The summed E-state index contributed by atoms with van der Waals surface area (Å²) >= 11 is 0. The molecule has 4 heteroatoms. The van der Waals surface area contributed by atoms with Crippen LogP contribution in [0.2, 0.25) is 0 Å². The maximum Gasteiger partial charge on any atom is 0.119 e. The van der Waals surface area contributed by atoms with Gasteiger partial charge in [-0.25, -0.2) is 0 Å². The van der Waals surface area contributed by atoms with Gasteiger partial charge in [-0.2, -0.15) is 0 Å². The highest BCUT2D eigenvalue weighted by molar-refractivity contribution is 5.46. The topological polar surface area (TPSA) is 37.4 Å². The van der Waals surface area contributed by atoms with Crippen LogP contribution in [-0.4, -0.2) is 25.7 Å². The number of hydrogen-bond acceptors (Lipinski definition) is 4. The van der Waals surface area contributed by atoms with Crippen molar-refractivity contribution in [2.75, 3.05) is 25.6 Å². The Morgan fingerprint density at radius 2 is 2.10 bits per heavy atom. The second-order valence-corrected chi connectivity index (χ2v) is 4.99. The number of methoxy groups -OCH3 is 1. The summed E-state index contributed by atoms with van der Waals surface area (Å²) in [4.78, 5) is 6.60. The largest absolute Gasteiger partial charge is 0.497 e. The lowest BCUT2D eigenvalue weighted by Gasteiger charge is -2.20. The van der Waals surface area contributed by atoms with E-state index in [1.807, 2.05) is 24.4 Å². The lowest BCUT2D eigenvalue weighted by molar-refractivity contribution is 0.414. The van der Waals surface area contributed by atoms with Crippen LogP contribution in [0.4, 0.5) is 5.69 Å². The molecule has 1 aromatic carbocycles. The molecule has 0 saturated heterocycles. The van der Waals surface area contributed by atoms with Gasteiger partial charge in [0.1, 0.15) is 5.75 Å². The molecule has 1 N–H and O–H groups in total. The molecule has 0 atom stereocenters. The Bertz CT molecular complexity index is 571. The molecule has 1 aromatic heterocycles. The summed E-state index contributed by atoms with van der Waals surface area (Å²) in [5.41, 5.74) is 3.45. The number of nitrogens with one attached hydrogen (secondary N) is 1. The highest BCUT2D eigenvalue weighted by Crippen LogP contribution is 2.18. The van der Waals surface area contributed by atoms with Crippen LogP contribution in [0.5, 0.6) is 5.75 Å². The van der Waals surface area contributed by atoms with E-state index in [0.29, 0.717) is 0 Å². The fourth-order valence-electron chi connectivity index (χ4n) is 2.19. The van der Waals surface area contributed by atoms with Gasteiger partial charge < -0.3 is 15.0 Å². The second-order valence-electron chi connectivity index (χ2n) is 4.99. The molecule has 21 heavy (non-hydrogen) atoms. The van der Waals surface area contributed by atoms with Crippen LogP contribution in [0.15, 0.2) is 42.6 Å². The minimum absolute atomic E-state index is 0.803. The van der Waals surface area contributed by atoms with E-state index < -0.39 is 0 Å². The normalized spacial score (nSPS) is 10.4. The van der Waals surface area contributed by atoms with Gasteiger partial charge >= 0.3 is 0 Å². The second kappa shape index (κ2) is 7.64. The summed E-state index contributed by atoms with van der Waals surface area (Å²) in [6.45, 7) is 4.68. The van der Waals surface area contributed by atoms with E-state index in [1.54, 1.807) is 7.11 Å². The first-order valence-electron chi connectivity index (χ1n) is 7.22. The first-order chi connectivity index (χ1) is 10.2. The van der Waals surface area contributed by atoms with E-state index in [4.69, 9.17) is 4.74 Å². The summed E-state index contributed by atoms with van der Waals surface area (Å²) in [6, 6.07) is 12.3. The van der Waals surface area contributed by atoms with E-state index in [0.717, 1.165) is 31.1 Å². The first kappa shape index (κ1) is 15.3. The van der Waals surface area contributed by atoms with Gasteiger partial charge in [0, 0.05) is 32.0 Å². The van der Waals surface area contributed by atoms with Crippen molar-refractivity contribution in [1.29, 1.82) is 0 Å². The van der Waals surface area contributed by atoms with Crippen molar-refractivity contribution in [3.63, 3.8) is 0 Å². The van der Waals surface area contributed by atoms with Crippen LogP contribution >= 0.6 is 0 Å². The molecule has 0 bridgehead atoms. The minimum atomic E-state index is 0.803. The number of ether oxygens (including phenoxy) is 1. The van der Waals surface area contributed by atoms with Gasteiger partial charge in [0.05, 0.1) is 12.8 Å². The van der Waals surface area contributed by atoms with Crippen molar-refractivity contribution >= 4 is 5.69 Å². The third-order valence-corrected chi connectivity index (χ3v) is 3.35. The van der Waals surface area contributed by atoms with Crippen LogP contribution in [0, 0.1) is 0 Å². The molecule has 0 amide bonds. The summed E-state index contributed by atoms with van der Waals surface area (Å²) in [5.74, 6) is 0.892. The maximum absolute atomic E-state index is 5.27.